The highest BCUT2D eigenvalue weighted by Crippen LogP contribution is 2.32. The lowest BCUT2D eigenvalue weighted by atomic mass is 9.91. The predicted molar refractivity (Wildman–Crippen MR) is 71.2 cm³/mol. The molecule has 7 heteroatoms. The summed E-state index contributed by atoms with van der Waals surface area (Å²) >= 11 is 6.52. The van der Waals surface area contributed by atoms with Gasteiger partial charge in [-0.3, -0.25) is 0 Å². The molecule has 1 N–H and O–H groups in total. The van der Waals surface area contributed by atoms with Crippen LogP contribution in [-0.2, 0) is 5.41 Å². The zero-order chi connectivity index (χ0) is 11.6. The lowest BCUT2D eigenvalue weighted by Crippen LogP contribution is -2.26. The largest absolute Gasteiger partial charge is 0.358 e. The first-order valence-corrected chi connectivity index (χ1v) is 7.11. The molecule has 0 saturated carbocycles. The quantitative estimate of drug-likeness (QED) is 0.940. The Morgan fingerprint density at radius 1 is 1.44 bits per heavy atom. The number of nitrogens with zero attached hydrogens (tertiary/aromatic N) is 3. The van der Waals surface area contributed by atoms with Crippen molar-refractivity contribution in [3.05, 3.63) is 20.8 Å². The van der Waals surface area contributed by atoms with E-state index >= 15 is 0 Å². The molecule has 2 heterocycles. The van der Waals surface area contributed by atoms with Gasteiger partial charge in [0.15, 0.2) is 0 Å². The highest BCUT2D eigenvalue weighted by atomic mass is 79.9. The summed E-state index contributed by atoms with van der Waals surface area (Å²) in [5.41, 5.74) is 0.0718. The van der Waals surface area contributed by atoms with E-state index in [1.54, 1.807) is 11.3 Å². The fourth-order valence-electron chi connectivity index (χ4n) is 1.26. The standard InChI is InChI=1S/C9H11BrN4S2/c1-9(2,6-3-4-7(10)15-6)5-11-8-12-13-14-16-8/h3-4H,5H2,1-2H3,(H,11,12,14). The minimum absolute atomic E-state index is 0.0718. The van der Waals surface area contributed by atoms with E-state index in [0.717, 1.165) is 15.5 Å². The molecule has 2 rings (SSSR count). The monoisotopic (exact) mass is 318 g/mol. The first-order chi connectivity index (χ1) is 7.58. The molecule has 0 radical (unpaired) electrons. The molecule has 16 heavy (non-hydrogen) atoms. The third-order valence-electron chi connectivity index (χ3n) is 2.22. The van der Waals surface area contributed by atoms with Gasteiger partial charge in [-0.2, -0.15) is 0 Å². The summed E-state index contributed by atoms with van der Waals surface area (Å²) in [7, 11) is 0. The average molecular weight is 319 g/mol. The van der Waals surface area contributed by atoms with Gasteiger partial charge in [-0.15, -0.1) is 11.3 Å². The highest BCUT2D eigenvalue weighted by Gasteiger charge is 2.22. The van der Waals surface area contributed by atoms with Crippen molar-refractivity contribution >= 4 is 43.9 Å². The van der Waals surface area contributed by atoms with Gasteiger partial charge in [0.05, 0.1) is 3.79 Å². The van der Waals surface area contributed by atoms with E-state index in [1.807, 2.05) is 0 Å². The summed E-state index contributed by atoms with van der Waals surface area (Å²) in [6.07, 6.45) is 0. The maximum atomic E-state index is 3.86. The van der Waals surface area contributed by atoms with Crippen molar-refractivity contribution in [3.63, 3.8) is 0 Å². The molecule has 0 saturated heterocycles. The molecule has 0 fully saturated rings. The van der Waals surface area contributed by atoms with Crippen molar-refractivity contribution in [1.29, 1.82) is 0 Å². The Balaban J connectivity index is 2.02. The van der Waals surface area contributed by atoms with E-state index in [2.05, 4.69) is 62.0 Å². The van der Waals surface area contributed by atoms with E-state index in [0.29, 0.717) is 0 Å². The minimum Gasteiger partial charge on any atom is -0.358 e. The van der Waals surface area contributed by atoms with Crippen LogP contribution in [0.25, 0.3) is 0 Å². The van der Waals surface area contributed by atoms with E-state index in [4.69, 9.17) is 0 Å². The number of hydrogen-bond donors (Lipinski definition) is 1. The Kier molecular flexibility index (Phi) is 3.56. The van der Waals surface area contributed by atoms with Crippen LogP contribution in [0.5, 0.6) is 0 Å². The SMILES string of the molecule is CC(C)(CNc1nnns1)c1ccc(Br)s1. The molecule has 0 aliphatic carbocycles. The normalized spacial score (nSPS) is 11.7. The third-order valence-corrected chi connectivity index (χ3v) is 4.76. The zero-order valence-corrected chi connectivity index (χ0v) is 12.1. The number of rotatable bonds is 4. The van der Waals surface area contributed by atoms with E-state index in [-0.39, 0.29) is 5.41 Å². The van der Waals surface area contributed by atoms with Crippen LogP contribution >= 0.6 is 38.8 Å². The number of halogens is 1. The molecule has 2 aromatic heterocycles. The van der Waals surface area contributed by atoms with Crippen LogP contribution in [0.2, 0.25) is 0 Å². The van der Waals surface area contributed by atoms with Crippen molar-refractivity contribution in [2.24, 2.45) is 0 Å². The van der Waals surface area contributed by atoms with Crippen molar-refractivity contribution in [2.45, 2.75) is 19.3 Å². The summed E-state index contributed by atoms with van der Waals surface area (Å²) in [5.74, 6) is 0. The van der Waals surface area contributed by atoms with E-state index in [1.165, 1.54) is 16.4 Å². The number of anilines is 1. The van der Waals surface area contributed by atoms with Gasteiger partial charge < -0.3 is 5.32 Å². The van der Waals surface area contributed by atoms with Crippen LogP contribution < -0.4 is 5.32 Å². The highest BCUT2D eigenvalue weighted by molar-refractivity contribution is 9.11. The topological polar surface area (TPSA) is 50.7 Å². The smallest absolute Gasteiger partial charge is 0.225 e. The molecule has 2 aromatic rings. The maximum Gasteiger partial charge on any atom is 0.225 e. The van der Waals surface area contributed by atoms with Gasteiger partial charge in [-0.05, 0) is 33.3 Å². The Morgan fingerprint density at radius 3 is 2.81 bits per heavy atom. The molecule has 0 spiro atoms. The van der Waals surface area contributed by atoms with Gasteiger partial charge in [-0.25, -0.2) is 0 Å². The Bertz CT molecular complexity index is 452. The average Bonchev–Trinajstić information content (AvgIpc) is 2.85. The van der Waals surface area contributed by atoms with Gasteiger partial charge in [0.2, 0.25) is 5.13 Å². The number of hydrogen-bond acceptors (Lipinski definition) is 6. The fraction of sp³-hybridized carbons (Fsp3) is 0.444. The van der Waals surface area contributed by atoms with Crippen molar-refractivity contribution in [2.75, 3.05) is 11.9 Å². The van der Waals surface area contributed by atoms with Crippen LogP contribution in [0.3, 0.4) is 0 Å². The fourth-order valence-corrected chi connectivity index (χ4v) is 3.11. The lowest BCUT2D eigenvalue weighted by molar-refractivity contribution is 0.568. The second-order valence-electron chi connectivity index (χ2n) is 4.01. The van der Waals surface area contributed by atoms with Crippen LogP contribution in [0.1, 0.15) is 18.7 Å². The van der Waals surface area contributed by atoms with Gasteiger partial charge in [0.25, 0.3) is 0 Å². The van der Waals surface area contributed by atoms with Gasteiger partial charge in [0, 0.05) is 28.4 Å². The number of nitrogens with one attached hydrogen (secondary N) is 1. The number of thiophene rings is 1. The first kappa shape index (κ1) is 11.9. The lowest BCUT2D eigenvalue weighted by Gasteiger charge is -2.23. The van der Waals surface area contributed by atoms with Crippen molar-refractivity contribution in [3.8, 4) is 0 Å². The molecule has 0 aliphatic heterocycles. The maximum absolute atomic E-state index is 3.86. The molecule has 0 aliphatic rings. The summed E-state index contributed by atoms with van der Waals surface area (Å²) in [6, 6.07) is 4.23. The second-order valence-corrected chi connectivity index (χ2v) is 7.20. The third kappa shape index (κ3) is 2.78. The van der Waals surface area contributed by atoms with Gasteiger partial charge in [0.1, 0.15) is 0 Å². The van der Waals surface area contributed by atoms with Crippen molar-refractivity contribution in [1.82, 2.24) is 14.8 Å². The van der Waals surface area contributed by atoms with Gasteiger partial charge >= 0.3 is 0 Å². The van der Waals surface area contributed by atoms with E-state index in [9.17, 15) is 0 Å². The van der Waals surface area contributed by atoms with Crippen LogP contribution in [0.4, 0.5) is 5.13 Å². The minimum atomic E-state index is 0.0718. The van der Waals surface area contributed by atoms with Crippen LogP contribution in [0, 0.1) is 0 Å². The Hall–Kier alpha value is -0.530. The second kappa shape index (κ2) is 4.77. The van der Waals surface area contributed by atoms with Gasteiger partial charge in [-0.1, -0.05) is 23.4 Å². The summed E-state index contributed by atoms with van der Waals surface area (Å²) in [4.78, 5) is 1.34. The molecular weight excluding hydrogens is 308 g/mol. The Morgan fingerprint density at radius 2 is 2.25 bits per heavy atom. The molecule has 0 amide bonds. The molecule has 4 nitrogen and oxygen atoms in total. The molecule has 0 unspecified atom stereocenters. The first-order valence-electron chi connectivity index (χ1n) is 4.73. The molecular formula is C9H11BrN4S2. The number of aromatic nitrogens is 3. The van der Waals surface area contributed by atoms with E-state index < -0.39 is 0 Å². The summed E-state index contributed by atoms with van der Waals surface area (Å²) in [6.45, 7) is 5.22. The molecule has 0 aromatic carbocycles. The Labute approximate surface area is 110 Å². The van der Waals surface area contributed by atoms with Crippen LogP contribution in [0.15, 0.2) is 15.9 Å². The molecule has 86 valence electrons. The summed E-state index contributed by atoms with van der Waals surface area (Å²) in [5, 5.41) is 11.4. The predicted octanol–water partition coefficient (Wildman–Crippen LogP) is 3.15. The molecule has 0 atom stereocenters. The van der Waals surface area contributed by atoms with Crippen LogP contribution in [-0.4, -0.2) is 21.3 Å². The zero-order valence-electron chi connectivity index (χ0n) is 8.90. The summed E-state index contributed by atoms with van der Waals surface area (Å²) < 4.78 is 4.87. The molecule has 0 bridgehead atoms. The van der Waals surface area contributed by atoms with Crippen molar-refractivity contribution < 1.29 is 0 Å².